The number of aromatic nitrogens is 2. The van der Waals surface area contributed by atoms with E-state index in [0.29, 0.717) is 26.2 Å². The molecule has 0 aliphatic rings. The summed E-state index contributed by atoms with van der Waals surface area (Å²) in [5, 5.41) is 14.6. The van der Waals surface area contributed by atoms with Crippen LogP contribution in [0.5, 0.6) is 0 Å². The molecule has 110 valence electrons. The lowest BCUT2D eigenvalue weighted by molar-refractivity contribution is 0.179. The van der Waals surface area contributed by atoms with Crippen LogP contribution in [0.2, 0.25) is 5.02 Å². The van der Waals surface area contributed by atoms with E-state index in [4.69, 9.17) is 11.6 Å². The number of hydrogen-bond donors (Lipinski definition) is 2. The van der Waals surface area contributed by atoms with E-state index in [1.165, 1.54) is 6.21 Å². The summed E-state index contributed by atoms with van der Waals surface area (Å²) in [5.74, 6) is -0.0768. The van der Waals surface area contributed by atoms with Crippen molar-refractivity contribution in [3.8, 4) is 0 Å². The summed E-state index contributed by atoms with van der Waals surface area (Å²) in [6.45, 7) is 0. The minimum absolute atomic E-state index is 0.0768. The summed E-state index contributed by atoms with van der Waals surface area (Å²) < 4.78 is 0.423. The molecule has 2 aromatic carbocycles. The van der Waals surface area contributed by atoms with Crippen molar-refractivity contribution in [3.05, 3.63) is 69.5 Å². The Morgan fingerprint density at radius 1 is 1.18 bits per heavy atom. The van der Waals surface area contributed by atoms with Crippen molar-refractivity contribution >= 4 is 34.7 Å². The molecule has 2 N–H and O–H groups in total. The summed E-state index contributed by atoms with van der Waals surface area (Å²) in [4.78, 5) is 16.1. The molecule has 0 saturated heterocycles. The zero-order valence-electron chi connectivity index (χ0n) is 11.3. The number of fused-ring (bicyclic) bond motifs is 1. The molecule has 6 nitrogen and oxygen atoms in total. The number of benzene rings is 2. The molecule has 3 aromatic rings. The third kappa shape index (κ3) is 2.64. The van der Waals surface area contributed by atoms with Gasteiger partial charge < -0.3 is 5.21 Å². The van der Waals surface area contributed by atoms with E-state index in [1.807, 2.05) is 12.1 Å². The molecule has 7 heteroatoms. The lowest BCUT2D eigenvalue weighted by atomic mass is 10.2. The Hall–Kier alpha value is -2.86. The van der Waals surface area contributed by atoms with Gasteiger partial charge in [0.15, 0.2) is 0 Å². The number of nitrogens with one attached hydrogen (secondary N) is 1. The first-order valence-corrected chi connectivity index (χ1v) is 6.79. The first kappa shape index (κ1) is 14.1. The minimum atomic E-state index is -0.568. The number of hydrazone groups is 1. The smallest absolute Gasteiger partial charge is 0.295 e. The van der Waals surface area contributed by atoms with Gasteiger partial charge in [-0.3, -0.25) is 4.79 Å². The van der Waals surface area contributed by atoms with Crippen LogP contribution in [0.25, 0.3) is 10.9 Å². The molecule has 1 aromatic heterocycles. The summed E-state index contributed by atoms with van der Waals surface area (Å²) >= 11 is 6.00. The Morgan fingerprint density at radius 3 is 2.73 bits per heavy atom. The van der Waals surface area contributed by atoms with Crippen molar-refractivity contribution in [2.45, 2.75) is 0 Å². The molecule has 0 bridgehead atoms. The molecule has 0 atom stereocenters. The fraction of sp³-hybridized carbons (Fsp3) is 0. The van der Waals surface area contributed by atoms with Crippen LogP contribution in [0.15, 0.2) is 58.4 Å². The van der Waals surface area contributed by atoms with E-state index in [2.05, 4.69) is 15.5 Å². The van der Waals surface area contributed by atoms with Crippen molar-refractivity contribution in [1.82, 2.24) is 9.71 Å². The van der Waals surface area contributed by atoms with E-state index in [-0.39, 0.29) is 5.95 Å². The second-order valence-corrected chi connectivity index (χ2v) is 4.87. The van der Waals surface area contributed by atoms with Crippen LogP contribution >= 0.6 is 11.6 Å². The maximum absolute atomic E-state index is 12.0. The summed E-state index contributed by atoms with van der Waals surface area (Å²) in [5.41, 5.74) is 3.13. The molecule has 1 heterocycles. The number of rotatable bonds is 3. The number of anilines is 1. The monoisotopic (exact) mass is 314 g/mol. The largest absolute Gasteiger partial charge is 0.422 e. The van der Waals surface area contributed by atoms with Gasteiger partial charge in [-0.25, -0.2) is 10.4 Å². The molecule has 0 radical (unpaired) electrons. The Bertz CT molecular complexity index is 921. The van der Waals surface area contributed by atoms with Crippen molar-refractivity contribution in [2.24, 2.45) is 5.10 Å². The molecule has 0 aliphatic heterocycles. The quantitative estimate of drug-likeness (QED) is 0.442. The fourth-order valence-corrected chi connectivity index (χ4v) is 2.12. The van der Waals surface area contributed by atoms with Crippen molar-refractivity contribution in [1.29, 1.82) is 0 Å². The highest BCUT2D eigenvalue weighted by Gasteiger charge is 2.08. The van der Waals surface area contributed by atoms with Gasteiger partial charge in [0.05, 0.1) is 17.1 Å². The molecule has 0 amide bonds. The molecular formula is C15H11ClN4O2. The Kier molecular flexibility index (Phi) is 3.76. The van der Waals surface area contributed by atoms with E-state index >= 15 is 0 Å². The summed E-state index contributed by atoms with van der Waals surface area (Å²) in [6, 6.07) is 13.9. The highest BCUT2D eigenvalue weighted by molar-refractivity contribution is 6.33. The summed E-state index contributed by atoms with van der Waals surface area (Å²) in [7, 11) is 0. The number of hydrogen-bond acceptors (Lipinski definition) is 5. The molecule has 3 rings (SSSR count). The maximum atomic E-state index is 12.0. The first-order valence-electron chi connectivity index (χ1n) is 6.41. The Balaban J connectivity index is 1.93. The lowest BCUT2D eigenvalue weighted by Crippen LogP contribution is -2.22. The zero-order chi connectivity index (χ0) is 15.5. The van der Waals surface area contributed by atoms with Crippen LogP contribution in [0.1, 0.15) is 5.56 Å². The molecule has 0 unspecified atom stereocenters. The van der Waals surface area contributed by atoms with Gasteiger partial charge in [-0.1, -0.05) is 41.9 Å². The van der Waals surface area contributed by atoms with Crippen LogP contribution in [0, 0.1) is 0 Å². The second kappa shape index (κ2) is 5.87. The van der Waals surface area contributed by atoms with Crippen LogP contribution in [0.4, 0.5) is 5.95 Å². The number of nitrogens with zero attached hydrogens (tertiary/aromatic N) is 3. The van der Waals surface area contributed by atoms with Gasteiger partial charge in [0, 0.05) is 10.6 Å². The van der Waals surface area contributed by atoms with Crippen molar-refractivity contribution in [3.63, 3.8) is 0 Å². The lowest BCUT2D eigenvalue weighted by Gasteiger charge is -2.06. The van der Waals surface area contributed by atoms with Crippen LogP contribution in [0.3, 0.4) is 0 Å². The number of halogens is 1. The predicted molar refractivity (Wildman–Crippen MR) is 85.9 cm³/mol. The highest BCUT2D eigenvalue weighted by atomic mass is 35.5. The Morgan fingerprint density at radius 2 is 1.91 bits per heavy atom. The van der Waals surface area contributed by atoms with Crippen LogP contribution in [-0.2, 0) is 0 Å². The Labute approximate surface area is 130 Å². The summed E-state index contributed by atoms with van der Waals surface area (Å²) in [6.07, 6.45) is 1.48. The SMILES string of the molecule is O=c1c2ccccc2nc(NN=Cc2ccccc2Cl)n1O. The van der Waals surface area contributed by atoms with Crippen molar-refractivity contribution in [2.75, 3.05) is 5.43 Å². The zero-order valence-corrected chi connectivity index (χ0v) is 12.0. The molecule has 0 fully saturated rings. The molecule has 0 spiro atoms. The predicted octanol–water partition coefficient (Wildman–Crippen LogP) is 2.73. The molecule has 0 saturated carbocycles. The minimum Gasteiger partial charge on any atom is -0.422 e. The highest BCUT2D eigenvalue weighted by Crippen LogP contribution is 2.13. The van der Waals surface area contributed by atoms with E-state index in [1.54, 1.807) is 36.4 Å². The average Bonchev–Trinajstić information content (AvgIpc) is 2.54. The van der Waals surface area contributed by atoms with Gasteiger partial charge in [0.1, 0.15) is 0 Å². The third-order valence-electron chi connectivity index (χ3n) is 3.03. The fourth-order valence-electron chi connectivity index (χ4n) is 1.94. The molecule has 22 heavy (non-hydrogen) atoms. The standard InChI is InChI=1S/C15H11ClN4O2/c16-12-7-3-1-5-10(12)9-17-19-15-18-13-8-4-2-6-11(13)14(21)20(15)22/h1-9,22H,(H,18,19). The number of para-hydroxylation sites is 1. The van der Waals surface area contributed by atoms with Crippen LogP contribution < -0.4 is 11.0 Å². The van der Waals surface area contributed by atoms with Gasteiger partial charge in [-0.15, -0.1) is 4.73 Å². The second-order valence-electron chi connectivity index (χ2n) is 4.46. The van der Waals surface area contributed by atoms with Gasteiger partial charge in [-0.2, -0.15) is 5.10 Å². The van der Waals surface area contributed by atoms with Crippen molar-refractivity contribution < 1.29 is 5.21 Å². The van der Waals surface area contributed by atoms with Gasteiger partial charge in [-0.05, 0) is 18.2 Å². The van der Waals surface area contributed by atoms with Crippen LogP contribution in [-0.4, -0.2) is 21.1 Å². The normalized spacial score (nSPS) is 11.1. The van der Waals surface area contributed by atoms with E-state index in [0.717, 1.165) is 0 Å². The van der Waals surface area contributed by atoms with Gasteiger partial charge in [0.2, 0.25) is 0 Å². The van der Waals surface area contributed by atoms with E-state index < -0.39 is 5.56 Å². The van der Waals surface area contributed by atoms with E-state index in [9.17, 15) is 10.0 Å². The molecular weight excluding hydrogens is 304 g/mol. The topological polar surface area (TPSA) is 79.5 Å². The molecule has 0 aliphatic carbocycles. The maximum Gasteiger partial charge on any atom is 0.295 e. The van der Waals surface area contributed by atoms with Gasteiger partial charge >= 0.3 is 0 Å². The third-order valence-corrected chi connectivity index (χ3v) is 3.37. The van der Waals surface area contributed by atoms with Gasteiger partial charge in [0.25, 0.3) is 11.5 Å². The first-order chi connectivity index (χ1) is 10.7. The average molecular weight is 315 g/mol.